The molecule has 8 heteroatoms. The van der Waals surface area contributed by atoms with E-state index in [0.717, 1.165) is 16.3 Å². The Balaban J connectivity index is 0.000000365. The van der Waals surface area contributed by atoms with Gasteiger partial charge in [0, 0.05) is 17.9 Å². The zero-order valence-corrected chi connectivity index (χ0v) is 18.9. The molecule has 3 rings (SSSR count). The van der Waals surface area contributed by atoms with Crippen LogP contribution >= 0.6 is 0 Å². The maximum absolute atomic E-state index is 12.4. The SMILES string of the molecule is CC(C)C[C@H](N)B(O)O.O=C(N[C@@H](Cc1ccccc1)C(=O)O)c1ccc2ccccc2c1. The molecule has 0 fully saturated rings. The number of carboxylic acid groups (broad SMARTS) is 1. The molecule has 0 aliphatic carbocycles. The van der Waals surface area contributed by atoms with Gasteiger partial charge >= 0.3 is 13.1 Å². The van der Waals surface area contributed by atoms with Gasteiger partial charge in [0.05, 0.1) is 0 Å². The molecule has 3 aromatic carbocycles. The second-order valence-electron chi connectivity index (χ2n) is 8.32. The number of nitrogens with two attached hydrogens (primary N) is 1. The molecule has 3 aromatic rings. The minimum Gasteiger partial charge on any atom is -0.480 e. The van der Waals surface area contributed by atoms with Crippen molar-refractivity contribution in [3.63, 3.8) is 0 Å². The first-order valence-electron chi connectivity index (χ1n) is 10.9. The van der Waals surface area contributed by atoms with Crippen LogP contribution in [0, 0.1) is 5.92 Å². The summed E-state index contributed by atoms with van der Waals surface area (Å²) in [6.07, 6.45) is 0.896. The van der Waals surface area contributed by atoms with E-state index in [4.69, 9.17) is 15.8 Å². The quantitative estimate of drug-likeness (QED) is 0.335. The van der Waals surface area contributed by atoms with Gasteiger partial charge in [0.25, 0.3) is 5.91 Å². The number of hydrogen-bond donors (Lipinski definition) is 5. The standard InChI is InChI=1S/C20H17NO3.C5H14BNO2/c22-19(17-11-10-15-8-4-5-9-16(15)13-17)21-18(20(23)24)12-14-6-2-1-3-7-14;1-4(2)3-5(7)6(8)9/h1-11,13,18H,12H2,(H,21,22)(H,23,24);4-5,8-9H,3,7H2,1-2H3/t18-;5-/m00/s1. The molecule has 0 saturated heterocycles. The molecule has 7 nitrogen and oxygen atoms in total. The van der Waals surface area contributed by atoms with E-state index in [1.165, 1.54) is 0 Å². The van der Waals surface area contributed by atoms with Crippen LogP contribution in [0.4, 0.5) is 0 Å². The van der Waals surface area contributed by atoms with Crippen LogP contribution in [0.5, 0.6) is 0 Å². The normalized spacial score (nSPS) is 12.4. The Labute approximate surface area is 194 Å². The Morgan fingerprint density at radius 1 is 0.939 bits per heavy atom. The monoisotopic (exact) mass is 450 g/mol. The van der Waals surface area contributed by atoms with E-state index >= 15 is 0 Å². The number of rotatable bonds is 8. The summed E-state index contributed by atoms with van der Waals surface area (Å²) >= 11 is 0. The molecule has 0 aliphatic heterocycles. The minimum absolute atomic E-state index is 0.246. The number of carbonyl (C=O) groups excluding carboxylic acids is 1. The van der Waals surface area contributed by atoms with Crippen molar-refractivity contribution in [3.8, 4) is 0 Å². The number of benzene rings is 3. The lowest BCUT2D eigenvalue weighted by Crippen LogP contribution is -2.42. The van der Waals surface area contributed by atoms with Crippen molar-refractivity contribution >= 4 is 29.8 Å². The van der Waals surface area contributed by atoms with Gasteiger partial charge in [-0.15, -0.1) is 0 Å². The lowest BCUT2D eigenvalue weighted by molar-refractivity contribution is -0.139. The summed E-state index contributed by atoms with van der Waals surface area (Å²) in [6, 6.07) is 21.3. The van der Waals surface area contributed by atoms with E-state index in [9.17, 15) is 14.7 Å². The highest BCUT2D eigenvalue weighted by atomic mass is 16.4. The van der Waals surface area contributed by atoms with Crippen LogP contribution in [-0.2, 0) is 11.2 Å². The topological polar surface area (TPSA) is 133 Å². The number of carboxylic acids is 1. The Kier molecular flexibility index (Phi) is 10.1. The van der Waals surface area contributed by atoms with E-state index in [1.54, 1.807) is 12.1 Å². The molecule has 6 N–H and O–H groups in total. The zero-order valence-electron chi connectivity index (χ0n) is 18.9. The van der Waals surface area contributed by atoms with Gasteiger partial charge in [-0.05, 0) is 40.8 Å². The Morgan fingerprint density at radius 3 is 2.09 bits per heavy atom. The maximum Gasteiger partial charge on any atom is 0.469 e. The minimum atomic E-state index is -1.37. The van der Waals surface area contributed by atoms with E-state index in [1.807, 2.05) is 74.5 Å². The van der Waals surface area contributed by atoms with Crippen LogP contribution in [0.2, 0.25) is 0 Å². The molecule has 0 saturated carbocycles. The highest BCUT2D eigenvalue weighted by Crippen LogP contribution is 2.16. The highest BCUT2D eigenvalue weighted by Gasteiger charge is 2.21. The van der Waals surface area contributed by atoms with Crippen molar-refractivity contribution in [2.45, 2.75) is 38.7 Å². The number of nitrogens with one attached hydrogen (secondary N) is 1. The molecule has 0 radical (unpaired) electrons. The fraction of sp³-hybridized carbons (Fsp3) is 0.280. The third-order valence-electron chi connectivity index (χ3n) is 5.02. The number of carbonyl (C=O) groups is 2. The summed E-state index contributed by atoms with van der Waals surface area (Å²) in [4.78, 5) is 23.9. The van der Waals surface area contributed by atoms with Crippen LogP contribution in [-0.4, -0.2) is 46.1 Å². The zero-order chi connectivity index (χ0) is 24.4. The van der Waals surface area contributed by atoms with Crippen LogP contribution < -0.4 is 11.1 Å². The smallest absolute Gasteiger partial charge is 0.469 e. The lowest BCUT2D eigenvalue weighted by Gasteiger charge is -2.15. The third kappa shape index (κ3) is 8.69. The molecule has 0 aliphatic rings. The van der Waals surface area contributed by atoms with Crippen LogP contribution in [0.3, 0.4) is 0 Å². The van der Waals surface area contributed by atoms with Crippen LogP contribution in [0.15, 0.2) is 72.8 Å². The van der Waals surface area contributed by atoms with Crippen molar-refractivity contribution in [1.82, 2.24) is 5.32 Å². The molecule has 0 unspecified atom stereocenters. The maximum atomic E-state index is 12.4. The molecule has 33 heavy (non-hydrogen) atoms. The fourth-order valence-electron chi connectivity index (χ4n) is 3.29. The summed E-state index contributed by atoms with van der Waals surface area (Å²) in [5, 5.41) is 31.0. The van der Waals surface area contributed by atoms with E-state index < -0.39 is 25.1 Å². The van der Waals surface area contributed by atoms with Gasteiger partial charge in [-0.1, -0.05) is 74.5 Å². The van der Waals surface area contributed by atoms with Gasteiger partial charge in [0.15, 0.2) is 0 Å². The predicted octanol–water partition coefficient (Wildman–Crippen LogP) is 2.64. The van der Waals surface area contributed by atoms with Crippen molar-refractivity contribution in [2.75, 3.05) is 0 Å². The molecular formula is C25H31BN2O5. The van der Waals surface area contributed by atoms with Crippen molar-refractivity contribution in [2.24, 2.45) is 11.7 Å². The number of aliphatic carboxylic acids is 1. The molecule has 0 bridgehead atoms. The fourth-order valence-corrected chi connectivity index (χ4v) is 3.29. The predicted molar refractivity (Wildman–Crippen MR) is 131 cm³/mol. The summed E-state index contributed by atoms with van der Waals surface area (Å²) in [5.74, 6) is -1.51. The largest absolute Gasteiger partial charge is 0.480 e. The summed E-state index contributed by atoms with van der Waals surface area (Å²) in [6.45, 7) is 3.98. The highest BCUT2D eigenvalue weighted by molar-refractivity contribution is 6.43. The Morgan fingerprint density at radius 2 is 1.55 bits per heavy atom. The second-order valence-corrected chi connectivity index (χ2v) is 8.32. The van der Waals surface area contributed by atoms with Gasteiger partial charge < -0.3 is 26.2 Å². The van der Waals surface area contributed by atoms with E-state index in [2.05, 4.69) is 5.32 Å². The number of hydrogen-bond acceptors (Lipinski definition) is 5. The molecule has 0 heterocycles. The third-order valence-corrected chi connectivity index (χ3v) is 5.02. The van der Waals surface area contributed by atoms with Crippen LogP contribution in [0.25, 0.3) is 10.8 Å². The first-order chi connectivity index (χ1) is 15.7. The average Bonchev–Trinajstić information content (AvgIpc) is 2.78. The molecule has 0 aromatic heterocycles. The van der Waals surface area contributed by atoms with Crippen molar-refractivity contribution in [1.29, 1.82) is 0 Å². The van der Waals surface area contributed by atoms with Gasteiger partial charge in [0.2, 0.25) is 0 Å². The molecule has 174 valence electrons. The Hall–Kier alpha value is -3.20. The summed E-state index contributed by atoms with van der Waals surface area (Å²) < 4.78 is 0. The van der Waals surface area contributed by atoms with Crippen molar-refractivity contribution in [3.05, 3.63) is 83.9 Å². The lowest BCUT2D eigenvalue weighted by atomic mass is 9.76. The molecule has 1 amide bonds. The summed E-state index contributed by atoms with van der Waals surface area (Å²) in [7, 11) is -1.37. The van der Waals surface area contributed by atoms with Gasteiger partial charge in [-0.25, -0.2) is 4.79 Å². The molecule has 2 atom stereocenters. The van der Waals surface area contributed by atoms with Gasteiger partial charge in [-0.2, -0.15) is 0 Å². The van der Waals surface area contributed by atoms with Crippen molar-refractivity contribution < 1.29 is 24.7 Å². The summed E-state index contributed by atoms with van der Waals surface area (Å²) in [5.41, 5.74) is 6.63. The van der Waals surface area contributed by atoms with E-state index in [-0.39, 0.29) is 12.3 Å². The molecule has 0 spiro atoms. The van der Waals surface area contributed by atoms with E-state index in [0.29, 0.717) is 17.9 Å². The Bertz CT molecular complexity index is 1040. The average molecular weight is 450 g/mol. The molecular weight excluding hydrogens is 419 g/mol. The van der Waals surface area contributed by atoms with Gasteiger partial charge in [0.1, 0.15) is 6.04 Å². The first kappa shape index (κ1) is 26.1. The second kappa shape index (κ2) is 12.7. The van der Waals surface area contributed by atoms with Crippen LogP contribution in [0.1, 0.15) is 36.2 Å². The van der Waals surface area contributed by atoms with Gasteiger partial charge in [-0.3, -0.25) is 4.79 Å². The number of amides is 1. The first-order valence-corrected chi connectivity index (χ1v) is 10.9. The number of fused-ring (bicyclic) bond motifs is 1.